The molecule has 0 fully saturated rings. The number of aryl methyl sites for hydroxylation is 1. The van der Waals surface area contributed by atoms with E-state index in [1.165, 1.54) is 0 Å². The first kappa shape index (κ1) is 15.8. The molecule has 130 valence electrons. The second-order valence-electron chi connectivity index (χ2n) is 6.50. The summed E-state index contributed by atoms with van der Waals surface area (Å²) in [5.41, 5.74) is 4.30. The molecular formula is C18H21N5O2. The van der Waals surface area contributed by atoms with Gasteiger partial charge in [0.05, 0.1) is 17.9 Å². The fourth-order valence-corrected chi connectivity index (χ4v) is 3.55. The Morgan fingerprint density at radius 3 is 3.08 bits per heavy atom. The normalized spacial score (nSPS) is 19.8. The fourth-order valence-electron chi connectivity index (χ4n) is 3.55. The molecule has 0 saturated heterocycles. The van der Waals surface area contributed by atoms with Crippen LogP contribution in [0, 0.1) is 0 Å². The second-order valence-corrected chi connectivity index (χ2v) is 6.50. The maximum absolute atomic E-state index is 12.8. The number of hydrogen-bond acceptors (Lipinski definition) is 4. The molecule has 3 aromatic rings. The first-order chi connectivity index (χ1) is 12.0. The molecule has 4 rings (SSSR count). The zero-order valence-electron chi connectivity index (χ0n) is 14.6. The molecule has 4 heterocycles. The molecule has 2 atom stereocenters. The quantitative estimate of drug-likeness (QED) is 0.792. The van der Waals surface area contributed by atoms with Gasteiger partial charge in [0, 0.05) is 49.7 Å². The lowest BCUT2D eigenvalue weighted by Crippen LogP contribution is -2.28. The second kappa shape index (κ2) is 6.00. The SMILES string of the molecule is C[C@@H]1Cc2c(nn(C)c2C(=O)NCc2cccn3ccnc23)[C@H](C)O1. The van der Waals surface area contributed by atoms with Crippen LogP contribution >= 0.6 is 0 Å². The molecule has 1 amide bonds. The molecule has 0 aromatic carbocycles. The first-order valence-electron chi connectivity index (χ1n) is 8.44. The molecular weight excluding hydrogens is 318 g/mol. The summed E-state index contributed by atoms with van der Waals surface area (Å²) in [7, 11) is 1.81. The van der Waals surface area contributed by atoms with E-state index in [-0.39, 0.29) is 18.1 Å². The number of nitrogens with one attached hydrogen (secondary N) is 1. The number of rotatable bonds is 3. The van der Waals surface area contributed by atoms with Gasteiger partial charge in [0.2, 0.25) is 0 Å². The van der Waals surface area contributed by atoms with E-state index in [0.717, 1.165) is 22.5 Å². The minimum atomic E-state index is -0.119. The smallest absolute Gasteiger partial charge is 0.270 e. The van der Waals surface area contributed by atoms with Gasteiger partial charge in [-0.05, 0) is 19.9 Å². The lowest BCUT2D eigenvalue weighted by atomic mass is 9.99. The van der Waals surface area contributed by atoms with Crippen LogP contribution < -0.4 is 5.32 Å². The van der Waals surface area contributed by atoms with Crippen molar-refractivity contribution in [3.05, 3.63) is 53.2 Å². The van der Waals surface area contributed by atoms with E-state index >= 15 is 0 Å². The predicted molar refractivity (Wildman–Crippen MR) is 92.2 cm³/mol. The molecule has 0 aliphatic carbocycles. The number of ether oxygens (including phenoxy) is 1. The van der Waals surface area contributed by atoms with E-state index in [2.05, 4.69) is 15.4 Å². The Bertz CT molecular complexity index is 942. The minimum Gasteiger partial charge on any atom is -0.369 e. The van der Waals surface area contributed by atoms with Crippen LogP contribution in [0.15, 0.2) is 30.7 Å². The van der Waals surface area contributed by atoms with Crippen LogP contribution in [0.25, 0.3) is 5.65 Å². The Kier molecular flexibility index (Phi) is 3.80. The van der Waals surface area contributed by atoms with Gasteiger partial charge in [-0.2, -0.15) is 5.10 Å². The zero-order valence-corrected chi connectivity index (χ0v) is 14.6. The van der Waals surface area contributed by atoms with Crippen molar-refractivity contribution < 1.29 is 9.53 Å². The summed E-state index contributed by atoms with van der Waals surface area (Å²) in [5.74, 6) is -0.119. The molecule has 0 bridgehead atoms. The molecule has 7 nitrogen and oxygen atoms in total. The lowest BCUT2D eigenvalue weighted by molar-refractivity contribution is -0.00710. The van der Waals surface area contributed by atoms with Gasteiger partial charge in [0.1, 0.15) is 11.3 Å². The average molecular weight is 339 g/mol. The molecule has 0 unspecified atom stereocenters. The van der Waals surface area contributed by atoms with Gasteiger partial charge in [0.25, 0.3) is 5.91 Å². The Labute approximate surface area is 145 Å². The third-order valence-electron chi connectivity index (χ3n) is 4.64. The van der Waals surface area contributed by atoms with Crippen LogP contribution in [0.2, 0.25) is 0 Å². The molecule has 1 N–H and O–H groups in total. The van der Waals surface area contributed by atoms with Gasteiger partial charge in [-0.15, -0.1) is 0 Å². The van der Waals surface area contributed by atoms with Crippen LogP contribution in [0.5, 0.6) is 0 Å². The lowest BCUT2D eigenvalue weighted by Gasteiger charge is -2.24. The number of carbonyl (C=O) groups is 1. The van der Waals surface area contributed by atoms with Crippen LogP contribution in [0.1, 0.15) is 47.3 Å². The Morgan fingerprint density at radius 2 is 2.24 bits per heavy atom. The molecule has 25 heavy (non-hydrogen) atoms. The predicted octanol–water partition coefficient (Wildman–Crippen LogP) is 2.02. The van der Waals surface area contributed by atoms with Crippen LogP contribution in [0.4, 0.5) is 0 Å². The number of hydrogen-bond donors (Lipinski definition) is 1. The average Bonchev–Trinajstić information content (AvgIpc) is 3.17. The summed E-state index contributed by atoms with van der Waals surface area (Å²) in [6.07, 6.45) is 6.27. The van der Waals surface area contributed by atoms with E-state index in [1.54, 1.807) is 17.9 Å². The standard InChI is InChI=1S/C18H21N5O2/c1-11-9-14-15(12(2)25-11)21-22(3)16(14)18(24)20-10-13-5-4-7-23-8-6-19-17(13)23/h4-8,11-12H,9-10H2,1-3H3,(H,20,24)/t11-,12+/m1/s1. The van der Waals surface area contributed by atoms with Gasteiger partial charge >= 0.3 is 0 Å². The highest BCUT2D eigenvalue weighted by atomic mass is 16.5. The number of aromatic nitrogens is 4. The van der Waals surface area contributed by atoms with Gasteiger partial charge < -0.3 is 14.5 Å². The third-order valence-corrected chi connectivity index (χ3v) is 4.64. The Balaban J connectivity index is 1.59. The molecule has 0 radical (unpaired) electrons. The highest BCUT2D eigenvalue weighted by Gasteiger charge is 2.31. The van der Waals surface area contributed by atoms with Gasteiger partial charge in [-0.3, -0.25) is 9.48 Å². The summed E-state index contributed by atoms with van der Waals surface area (Å²) in [5, 5.41) is 7.51. The maximum atomic E-state index is 12.8. The zero-order chi connectivity index (χ0) is 17.6. The molecule has 3 aromatic heterocycles. The summed E-state index contributed by atoms with van der Waals surface area (Å²) >= 11 is 0. The van der Waals surface area contributed by atoms with Crippen molar-refractivity contribution in [1.82, 2.24) is 24.5 Å². The third kappa shape index (κ3) is 2.70. The molecule has 7 heteroatoms. The van der Waals surface area contributed by atoms with Crippen molar-refractivity contribution in [3.8, 4) is 0 Å². The van der Waals surface area contributed by atoms with E-state index < -0.39 is 0 Å². The summed E-state index contributed by atoms with van der Waals surface area (Å²) in [6, 6.07) is 3.92. The summed E-state index contributed by atoms with van der Waals surface area (Å²) in [4.78, 5) is 17.2. The number of imidazole rings is 1. The first-order valence-corrected chi connectivity index (χ1v) is 8.44. The highest BCUT2D eigenvalue weighted by Crippen LogP contribution is 2.31. The maximum Gasteiger partial charge on any atom is 0.270 e. The van der Waals surface area contributed by atoms with Crippen molar-refractivity contribution in [2.24, 2.45) is 7.05 Å². The van der Waals surface area contributed by atoms with Gasteiger partial charge in [-0.1, -0.05) is 6.07 Å². The van der Waals surface area contributed by atoms with Crippen molar-refractivity contribution in [2.75, 3.05) is 0 Å². The van der Waals surface area contributed by atoms with E-state index in [4.69, 9.17) is 4.74 Å². The molecule has 0 saturated carbocycles. The van der Waals surface area contributed by atoms with E-state index in [9.17, 15) is 4.79 Å². The Morgan fingerprint density at radius 1 is 1.40 bits per heavy atom. The van der Waals surface area contributed by atoms with Crippen molar-refractivity contribution in [3.63, 3.8) is 0 Å². The topological polar surface area (TPSA) is 73.5 Å². The molecule has 1 aliphatic heterocycles. The number of fused-ring (bicyclic) bond motifs is 2. The fraction of sp³-hybridized carbons (Fsp3) is 0.389. The Hall–Kier alpha value is -2.67. The van der Waals surface area contributed by atoms with Crippen molar-refractivity contribution >= 4 is 11.6 Å². The number of amides is 1. The van der Waals surface area contributed by atoms with Crippen LogP contribution in [-0.2, 0) is 24.8 Å². The monoisotopic (exact) mass is 339 g/mol. The largest absolute Gasteiger partial charge is 0.369 e. The van der Waals surface area contributed by atoms with Crippen LogP contribution in [0.3, 0.4) is 0 Å². The number of pyridine rings is 1. The van der Waals surface area contributed by atoms with Gasteiger partial charge in [0.15, 0.2) is 0 Å². The van der Waals surface area contributed by atoms with Crippen molar-refractivity contribution in [2.45, 2.75) is 39.0 Å². The number of carbonyl (C=O) groups excluding carboxylic acids is 1. The molecule has 0 spiro atoms. The van der Waals surface area contributed by atoms with Crippen molar-refractivity contribution in [1.29, 1.82) is 0 Å². The van der Waals surface area contributed by atoms with E-state index in [0.29, 0.717) is 18.7 Å². The summed E-state index contributed by atoms with van der Waals surface area (Å²) in [6.45, 7) is 4.41. The van der Waals surface area contributed by atoms with Crippen LogP contribution in [-0.4, -0.2) is 31.2 Å². The summed E-state index contributed by atoms with van der Waals surface area (Å²) < 4.78 is 9.41. The van der Waals surface area contributed by atoms with E-state index in [1.807, 2.05) is 42.8 Å². The number of nitrogens with zero attached hydrogens (tertiary/aromatic N) is 4. The molecule has 1 aliphatic rings. The van der Waals surface area contributed by atoms with Gasteiger partial charge in [-0.25, -0.2) is 4.98 Å². The minimum absolute atomic E-state index is 0.0805. The highest BCUT2D eigenvalue weighted by molar-refractivity contribution is 5.94.